The molecule has 144 valence electrons. The van der Waals surface area contributed by atoms with Gasteiger partial charge in [0.2, 0.25) is 5.91 Å². The number of nitrogens with one attached hydrogen (secondary N) is 2. The van der Waals surface area contributed by atoms with Gasteiger partial charge in [-0.2, -0.15) is 0 Å². The first-order valence-corrected chi connectivity index (χ1v) is 8.56. The summed E-state index contributed by atoms with van der Waals surface area (Å²) in [6.45, 7) is 8.55. The Bertz CT molecular complexity index is 507. The van der Waals surface area contributed by atoms with E-state index in [2.05, 4.69) is 41.5 Å². The van der Waals surface area contributed by atoms with Gasteiger partial charge in [0.05, 0.1) is 19.1 Å². The molecule has 2 unspecified atom stereocenters. The van der Waals surface area contributed by atoms with Gasteiger partial charge < -0.3 is 15.4 Å². The number of nitrogens with zero attached hydrogens (tertiary/aromatic N) is 1. The highest BCUT2D eigenvalue weighted by Crippen LogP contribution is 2.24. The van der Waals surface area contributed by atoms with Crippen LogP contribution in [0.1, 0.15) is 31.9 Å². The highest BCUT2D eigenvalue weighted by Gasteiger charge is 2.24. The smallest absolute Gasteiger partial charge is 0.224 e. The zero-order chi connectivity index (χ0) is 16.7. The average molecular weight is 392 g/mol. The first kappa shape index (κ1) is 24.0. The molecule has 2 N–H and O–H groups in total. The minimum Gasteiger partial charge on any atom is -0.497 e. The summed E-state index contributed by atoms with van der Waals surface area (Å²) in [5.41, 5.74) is 1.18. The van der Waals surface area contributed by atoms with Gasteiger partial charge >= 0.3 is 0 Å². The summed E-state index contributed by atoms with van der Waals surface area (Å²) in [5, 5.41) is 6.39. The molecule has 0 aliphatic carbocycles. The van der Waals surface area contributed by atoms with Crippen molar-refractivity contribution in [2.24, 2.45) is 5.92 Å². The van der Waals surface area contributed by atoms with Crippen molar-refractivity contribution in [3.63, 3.8) is 0 Å². The molecule has 25 heavy (non-hydrogen) atoms. The quantitative estimate of drug-likeness (QED) is 0.714. The fraction of sp³-hybridized carbons (Fsp3) is 0.611. The summed E-state index contributed by atoms with van der Waals surface area (Å²) in [6.07, 6.45) is 0.931. The Labute approximate surface area is 163 Å². The lowest BCUT2D eigenvalue weighted by molar-refractivity contribution is -0.124. The number of hydrogen-bond donors (Lipinski definition) is 2. The highest BCUT2D eigenvalue weighted by molar-refractivity contribution is 5.85. The second kappa shape index (κ2) is 12.4. The number of ether oxygens (including phenoxy) is 1. The number of halogens is 2. The van der Waals surface area contributed by atoms with Crippen LogP contribution in [0.2, 0.25) is 0 Å². The van der Waals surface area contributed by atoms with E-state index in [-0.39, 0.29) is 42.7 Å². The van der Waals surface area contributed by atoms with Gasteiger partial charge in [-0.25, -0.2) is 0 Å². The van der Waals surface area contributed by atoms with E-state index >= 15 is 0 Å². The fourth-order valence-corrected chi connectivity index (χ4v) is 3.19. The molecule has 1 amide bonds. The van der Waals surface area contributed by atoms with Gasteiger partial charge in [-0.15, -0.1) is 24.8 Å². The second-order valence-corrected chi connectivity index (χ2v) is 5.95. The molecule has 1 fully saturated rings. The normalized spacial score (nSPS) is 17.4. The van der Waals surface area contributed by atoms with Crippen molar-refractivity contribution < 1.29 is 9.53 Å². The van der Waals surface area contributed by atoms with E-state index in [1.54, 1.807) is 7.11 Å². The molecule has 1 aromatic rings. The van der Waals surface area contributed by atoms with Gasteiger partial charge in [-0.3, -0.25) is 9.69 Å². The molecule has 1 aliphatic rings. The SMILES string of the molecule is CCN(CC)C(CNC(=O)C1CCNC1)c1cccc(OC)c1.Cl.Cl. The molecular weight excluding hydrogens is 361 g/mol. The minimum absolute atomic E-state index is 0. The number of carbonyl (C=O) groups is 1. The van der Waals surface area contributed by atoms with E-state index in [4.69, 9.17) is 4.74 Å². The molecule has 2 rings (SSSR count). The maximum absolute atomic E-state index is 12.3. The monoisotopic (exact) mass is 391 g/mol. The minimum atomic E-state index is 0. The zero-order valence-electron chi connectivity index (χ0n) is 15.3. The van der Waals surface area contributed by atoms with Crippen LogP contribution in [0.3, 0.4) is 0 Å². The molecule has 0 bridgehead atoms. The Morgan fingerprint density at radius 3 is 2.64 bits per heavy atom. The Morgan fingerprint density at radius 2 is 2.08 bits per heavy atom. The number of hydrogen-bond acceptors (Lipinski definition) is 4. The van der Waals surface area contributed by atoms with E-state index in [1.807, 2.05) is 12.1 Å². The Balaban J connectivity index is 0.00000288. The van der Waals surface area contributed by atoms with Crippen molar-refractivity contribution in [1.82, 2.24) is 15.5 Å². The van der Waals surface area contributed by atoms with Crippen LogP contribution in [0, 0.1) is 5.92 Å². The van der Waals surface area contributed by atoms with E-state index in [9.17, 15) is 4.79 Å². The lowest BCUT2D eigenvalue weighted by Gasteiger charge is -2.30. The summed E-state index contributed by atoms with van der Waals surface area (Å²) in [4.78, 5) is 14.7. The summed E-state index contributed by atoms with van der Waals surface area (Å²) in [5.74, 6) is 1.12. The van der Waals surface area contributed by atoms with Crippen LogP contribution in [0.15, 0.2) is 24.3 Å². The molecule has 5 nitrogen and oxygen atoms in total. The first-order valence-electron chi connectivity index (χ1n) is 8.56. The molecule has 0 spiro atoms. The predicted octanol–water partition coefficient (Wildman–Crippen LogP) is 2.65. The lowest BCUT2D eigenvalue weighted by Crippen LogP contribution is -2.40. The number of benzene rings is 1. The van der Waals surface area contributed by atoms with Gasteiger partial charge in [0.25, 0.3) is 0 Å². The van der Waals surface area contributed by atoms with Gasteiger partial charge in [0, 0.05) is 13.1 Å². The zero-order valence-corrected chi connectivity index (χ0v) is 16.9. The maximum atomic E-state index is 12.3. The van der Waals surface area contributed by atoms with Gasteiger partial charge in [-0.1, -0.05) is 26.0 Å². The van der Waals surface area contributed by atoms with Crippen molar-refractivity contribution in [2.45, 2.75) is 26.3 Å². The topological polar surface area (TPSA) is 53.6 Å². The molecule has 7 heteroatoms. The Morgan fingerprint density at radius 1 is 1.36 bits per heavy atom. The largest absolute Gasteiger partial charge is 0.497 e. The third-order valence-electron chi connectivity index (χ3n) is 4.63. The van der Waals surface area contributed by atoms with Crippen LogP contribution in [0.25, 0.3) is 0 Å². The average Bonchev–Trinajstić information content (AvgIpc) is 3.13. The van der Waals surface area contributed by atoms with E-state index < -0.39 is 0 Å². The lowest BCUT2D eigenvalue weighted by atomic mass is 10.0. The van der Waals surface area contributed by atoms with E-state index in [0.29, 0.717) is 6.54 Å². The van der Waals surface area contributed by atoms with Crippen LogP contribution in [-0.2, 0) is 4.79 Å². The molecule has 1 aliphatic heterocycles. The van der Waals surface area contributed by atoms with Crippen LogP contribution in [0.5, 0.6) is 5.75 Å². The molecule has 1 aromatic carbocycles. The van der Waals surface area contributed by atoms with Crippen molar-refractivity contribution in [3.8, 4) is 5.75 Å². The highest BCUT2D eigenvalue weighted by atomic mass is 35.5. The van der Waals surface area contributed by atoms with Crippen molar-refractivity contribution in [3.05, 3.63) is 29.8 Å². The van der Waals surface area contributed by atoms with Gasteiger partial charge in [-0.05, 0) is 43.8 Å². The summed E-state index contributed by atoms with van der Waals surface area (Å²) >= 11 is 0. The van der Waals surface area contributed by atoms with E-state index in [0.717, 1.165) is 38.3 Å². The van der Waals surface area contributed by atoms with Crippen LogP contribution in [0.4, 0.5) is 0 Å². The fourth-order valence-electron chi connectivity index (χ4n) is 3.19. The number of amides is 1. The Kier molecular flexibility index (Phi) is 11.9. The Hall–Kier alpha value is -1.01. The van der Waals surface area contributed by atoms with Crippen molar-refractivity contribution in [2.75, 3.05) is 39.8 Å². The van der Waals surface area contributed by atoms with E-state index in [1.165, 1.54) is 5.56 Å². The number of carbonyl (C=O) groups excluding carboxylic acids is 1. The number of methoxy groups -OCH3 is 1. The van der Waals surface area contributed by atoms with Gasteiger partial charge in [0.15, 0.2) is 0 Å². The molecule has 2 atom stereocenters. The number of rotatable bonds is 8. The standard InChI is InChI=1S/C18H29N3O2.2ClH/c1-4-21(5-2)17(14-7-6-8-16(11-14)23-3)13-20-18(22)15-9-10-19-12-15;;/h6-8,11,15,17,19H,4-5,9-10,12-13H2,1-3H3,(H,20,22);2*1H. The summed E-state index contributed by atoms with van der Waals surface area (Å²) in [6, 6.07) is 8.29. The molecule has 1 heterocycles. The third kappa shape index (κ3) is 6.66. The van der Waals surface area contributed by atoms with Crippen LogP contribution in [-0.4, -0.2) is 50.6 Å². The van der Waals surface area contributed by atoms with Crippen molar-refractivity contribution in [1.29, 1.82) is 0 Å². The van der Waals surface area contributed by atoms with Crippen molar-refractivity contribution >= 4 is 30.7 Å². The first-order chi connectivity index (χ1) is 11.2. The molecule has 0 saturated carbocycles. The third-order valence-corrected chi connectivity index (χ3v) is 4.63. The molecular formula is C18H31Cl2N3O2. The van der Waals surface area contributed by atoms with Crippen LogP contribution >= 0.6 is 24.8 Å². The second-order valence-electron chi connectivity index (χ2n) is 5.95. The summed E-state index contributed by atoms with van der Waals surface area (Å²) in [7, 11) is 1.68. The number of likely N-dealkylation sites (N-methyl/N-ethyl adjacent to an activating group) is 1. The molecule has 0 radical (unpaired) electrons. The van der Waals surface area contributed by atoms with Gasteiger partial charge in [0.1, 0.15) is 5.75 Å². The molecule has 0 aromatic heterocycles. The van der Waals surface area contributed by atoms with Crippen LogP contribution < -0.4 is 15.4 Å². The summed E-state index contributed by atoms with van der Waals surface area (Å²) < 4.78 is 5.34. The maximum Gasteiger partial charge on any atom is 0.224 e. The predicted molar refractivity (Wildman–Crippen MR) is 107 cm³/mol. The molecule has 1 saturated heterocycles.